The lowest BCUT2D eigenvalue weighted by molar-refractivity contribution is 0.160. The molecule has 0 unspecified atom stereocenters. The van der Waals surface area contributed by atoms with E-state index in [4.69, 9.17) is 4.74 Å². The minimum atomic E-state index is -0.430. The van der Waals surface area contributed by atoms with E-state index >= 15 is 0 Å². The quantitative estimate of drug-likeness (QED) is 0.808. The number of ether oxygens (including phenoxy) is 1. The first-order valence-corrected chi connectivity index (χ1v) is 6.61. The highest BCUT2D eigenvalue weighted by Gasteiger charge is 2.09. The molecule has 1 aromatic carbocycles. The van der Waals surface area contributed by atoms with Gasteiger partial charge < -0.3 is 4.74 Å². The molecule has 0 bridgehead atoms. The molecular formula is C11H13Br2NO2. The number of amides is 1. The highest BCUT2D eigenvalue weighted by molar-refractivity contribution is 9.11. The number of carbonyl (C=O) groups is 1. The van der Waals surface area contributed by atoms with E-state index in [-0.39, 0.29) is 0 Å². The zero-order valence-corrected chi connectivity index (χ0v) is 12.1. The van der Waals surface area contributed by atoms with Crippen molar-refractivity contribution in [3.63, 3.8) is 0 Å². The van der Waals surface area contributed by atoms with Crippen molar-refractivity contribution < 1.29 is 9.53 Å². The molecule has 1 N–H and O–H groups in total. The van der Waals surface area contributed by atoms with Crippen molar-refractivity contribution in [1.29, 1.82) is 0 Å². The Hall–Kier alpha value is -0.550. The molecule has 5 heteroatoms. The second-order valence-corrected chi connectivity index (χ2v) is 4.92. The van der Waals surface area contributed by atoms with Gasteiger partial charge in [0.15, 0.2) is 0 Å². The van der Waals surface area contributed by atoms with E-state index in [0.29, 0.717) is 12.3 Å². The minimum absolute atomic E-state index is 0.430. The smallest absolute Gasteiger partial charge is 0.411 e. The second-order valence-electron chi connectivity index (χ2n) is 3.21. The number of hydrogen-bond donors (Lipinski definition) is 1. The van der Waals surface area contributed by atoms with Gasteiger partial charge in [0.2, 0.25) is 0 Å². The molecule has 0 aromatic heterocycles. The SMILES string of the molecule is CCCCOC(=O)Nc1c(Br)cccc1Br. The molecule has 1 aromatic rings. The van der Waals surface area contributed by atoms with Gasteiger partial charge in [0, 0.05) is 8.95 Å². The van der Waals surface area contributed by atoms with Crippen molar-refractivity contribution in [2.45, 2.75) is 19.8 Å². The minimum Gasteiger partial charge on any atom is -0.449 e. The molecule has 16 heavy (non-hydrogen) atoms. The van der Waals surface area contributed by atoms with Crippen LogP contribution in [0.15, 0.2) is 27.1 Å². The van der Waals surface area contributed by atoms with Crippen LogP contribution in [0.4, 0.5) is 10.5 Å². The van der Waals surface area contributed by atoms with Crippen molar-refractivity contribution in [2.24, 2.45) is 0 Å². The second kappa shape index (κ2) is 6.91. The largest absolute Gasteiger partial charge is 0.449 e. The first-order valence-electron chi connectivity index (χ1n) is 5.03. The zero-order chi connectivity index (χ0) is 12.0. The van der Waals surface area contributed by atoms with E-state index in [2.05, 4.69) is 37.2 Å². The molecule has 0 heterocycles. The summed E-state index contributed by atoms with van der Waals surface area (Å²) >= 11 is 6.71. The van der Waals surface area contributed by atoms with Gasteiger partial charge in [-0.25, -0.2) is 4.79 Å². The predicted molar refractivity (Wildman–Crippen MR) is 71.7 cm³/mol. The number of hydrogen-bond acceptors (Lipinski definition) is 2. The third-order valence-corrected chi connectivity index (χ3v) is 3.24. The Kier molecular flexibility index (Phi) is 5.84. The summed E-state index contributed by atoms with van der Waals surface area (Å²) in [5, 5.41) is 2.68. The fraction of sp³-hybridized carbons (Fsp3) is 0.364. The number of unbranched alkanes of at least 4 members (excludes halogenated alkanes) is 1. The molecule has 0 radical (unpaired) electrons. The van der Waals surface area contributed by atoms with Crippen molar-refractivity contribution in [3.05, 3.63) is 27.1 Å². The number of para-hydroxylation sites is 1. The van der Waals surface area contributed by atoms with Crippen LogP contribution in [0, 0.1) is 0 Å². The van der Waals surface area contributed by atoms with Gasteiger partial charge in [-0.15, -0.1) is 0 Å². The van der Waals surface area contributed by atoms with Gasteiger partial charge in [-0.05, 0) is 50.4 Å². The number of rotatable bonds is 4. The van der Waals surface area contributed by atoms with E-state index < -0.39 is 6.09 Å². The molecule has 0 spiro atoms. The monoisotopic (exact) mass is 349 g/mol. The lowest BCUT2D eigenvalue weighted by Crippen LogP contribution is -2.15. The van der Waals surface area contributed by atoms with Gasteiger partial charge in [0.05, 0.1) is 12.3 Å². The van der Waals surface area contributed by atoms with Crippen LogP contribution in [-0.4, -0.2) is 12.7 Å². The number of benzene rings is 1. The van der Waals surface area contributed by atoms with Crippen LogP contribution in [0.2, 0.25) is 0 Å². The first kappa shape index (κ1) is 13.5. The number of halogens is 2. The van der Waals surface area contributed by atoms with E-state index in [9.17, 15) is 4.79 Å². The van der Waals surface area contributed by atoms with Gasteiger partial charge in [-0.1, -0.05) is 19.4 Å². The van der Waals surface area contributed by atoms with Gasteiger partial charge >= 0.3 is 6.09 Å². The molecule has 3 nitrogen and oxygen atoms in total. The van der Waals surface area contributed by atoms with Crippen LogP contribution in [0.25, 0.3) is 0 Å². The van der Waals surface area contributed by atoms with Crippen LogP contribution in [-0.2, 0) is 4.74 Å². The Morgan fingerprint density at radius 1 is 1.38 bits per heavy atom. The fourth-order valence-corrected chi connectivity index (χ4v) is 2.26. The molecule has 1 amide bonds. The van der Waals surface area contributed by atoms with Gasteiger partial charge in [0.25, 0.3) is 0 Å². The summed E-state index contributed by atoms with van der Waals surface area (Å²) < 4.78 is 6.63. The third kappa shape index (κ3) is 4.14. The Morgan fingerprint density at radius 2 is 2.00 bits per heavy atom. The summed E-state index contributed by atoms with van der Waals surface area (Å²) in [6, 6.07) is 5.58. The Balaban J connectivity index is 2.56. The summed E-state index contributed by atoms with van der Waals surface area (Å²) in [7, 11) is 0. The van der Waals surface area contributed by atoms with Crippen molar-refractivity contribution in [2.75, 3.05) is 11.9 Å². The lowest BCUT2D eigenvalue weighted by Gasteiger charge is -2.09. The Labute approximate surface area is 112 Å². The summed E-state index contributed by atoms with van der Waals surface area (Å²) in [5.41, 5.74) is 0.684. The molecule has 0 aliphatic rings. The molecule has 0 saturated carbocycles. The molecular weight excluding hydrogens is 338 g/mol. The number of nitrogens with one attached hydrogen (secondary N) is 1. The van der Waals surface area contributed by atoms with Gasteiger partial charge in [-0.3, -0.25) is 5.32 Å². The maximum Gasteiger partial charge on any atom is 0.411 e. The van der Waals surface area contributed by atoms with Crippen LogP contribution in [0.1, 0.15) is 19.8 Å². The fourth-order valence-electron chi connectivity index (χ4n) is 1.06. The first-order chi connectivity index (χ1) is 7.65. The van der Waals surface area contributed by atoms with Crippen molar-refractivity contribution >= 4 is 43.6 Å². The van der Waals surface area contributed by atoms with Crippen LogP contribution in [0.5, 0.6) is 0 Å². The van der Waals surface area contributed by atoms with Gasteiger partial charge in [0.1, 0.15) is 0 Å². The maximum absolute atomic E-state index is 11.4. The third-order valence-electron chi connectivity index (χ3n) is 1.92. The van der Waals surface area contributed by atoms with E-state index in [0.717, 1.165) is 21.8 Å². The molecule has 0 atom stereocenters. The average molecular weight is 351 g/mol. The van der Waals surface area contributed by atoms with Crippen LogP contribution < -0.4 is 5.32 Å². The Morgan fingerprint density at radius 3 is 2.56 bits per heavy atom. The normalized spacial score (nSPS) is 9.94. The van der Waals surface area contributed by atoms with Crippen molar-refractivity contribution in [1.82, 2.24) is 0 Å². The summed E-state index contributed by atoms with van der Waals surface area (Å²) in [5.74, 6) is 0. The highest BCUT2D eigenvalue weighted by atomic mass is 79.9. The molecule has 88 valence electrons. The van der Waals surface area contributed by atoms with Crippen LogP contribution in [0.3, 0.4) is 0 Å². The summed E-state index contributed by atoms with van der Waals surface area (Å²) in [6.07, 6.45) is 1.46. The zero-order valence-electron chi connectivity index (χ0n) is 8.93. The molecule has 0 aliphatic carbocycles. The highest BCUT2D eigenvalue weighted by Crippen LogP contribution is 2.30. The molecule has 0 saturated heterocycles. The molecule has 0 fully saturated rings. The average Bonchev–Trinajstić information content (AvgIpc) is 2.24. The predicted octanol–water partition coefficient (Wildman–Crippen LogP) is 4.56. The van der Waals surface area contributed by atoms with Crippen molar-refractivity contribution in [3.8, 4) is 0 Å². The van der Waals surface area contributed by atoms with E-state index in [1.807, 2.05) is 25.1 Å². The summed E-state index contributed by atoms with van der Waals surface area (Å²) in [4.78, 5) is 11.4. The standard InChI is InChI=1S/C11H13Br2NO2/c1-2-3-7-16-11(15)14-10-8(12)5-4-6-9(10)13/h4-6H,2-3,7H2,1H3,(H,14,15). The number of anilines is 1. The number of carbonyl (C=O) groups excluding carboxylic acids is 1. The summed E-state index contributed by atoms with van der Waals surface area (Å²) in [6.45, 7) is 2.50. The van der Waals surface area contributed by atoms with Crippen LogP contribution >= 0.6 is 31.9 Å². The lowest BCUT2D eigenvalue weighted by atomic mass is 10.3. The maximum atomic E-state index is 11.4. The molecule has 0 aliphatic heterocycles. The van der Waals surface area contributed by atoms with E-state index in [1.165, 1.54) is 0 Å². The molecule has 1 rings (SSSR count). The Bertz CT molecular complexity index is 349. The van der Waals surface area contributed by atoms with E-state index in [1.54, 1.807) is 0 Å². The topological polar surface area (TPSA) is 38.3 Å². The van der Waals surface area contributed by atoms with Gasteiger partial charge in [-0.2, -0.15) is 0 Å².